The minimum atomic E-state index is -2.40. The summed E-state index contributed by atoms with van der Waals surface area (Å²) in [5, 5.41) is 11.6. The third-order valence-electron chi connectivity index (χ3n) is 4.65. The van der Waals surface area contributed by atoms with Crippen molar-refractivity contribution in [3.8, 4) is 0 Å². The van der Waals surface area contributed by atoms with E-state index in [1.54, 1.807) is 0 Å². The maximum atomic E-state index is 8.92. The first kappa shape index (κ1) is 19.9. The summed E-state index contributed by atoms with van der Waals surface area (Å²) in [7, 11) is -2.40. The monoisotopic (exact) mass is 355 g/mol. The fourth-order valence-corrected chi connectivity index (χ4v) is 7.95. The topological polar surface area (TPSA) is 29.5 Å². The molecule has 0 bridgehead atoms. The Bertz CT molecular complexity index is 565. The predicted octanol–water partition coefficient (Wildman–Crippen LogP) is 3.93. The van der Waals surface area contributed by atoms with Crippen molar-refractivity contribution in [2.45, 2.75) is 45.1 Å². The van der Waals surface area contributed by atoms with Crippen molar-refractivity contribution < 1.29 is 9.53 Å². The molecule has 0 aliphatic carbocycles. The van der Waals surface area contributed by atoms with Crippen LogP contribution >= 0.6 is 0 Å². The molecule has 0 saturated carbocycles. The Labute approximate surface area is 154 Å². The van der Waals surface area contributed by atoms with Crippen molar-refractivity contribution in [1.82, 2.24) is 0 Å². The van der Waals surface area contributed by atoms with Crippen molar-refractivity contribution >= 4 is 18.7 Å². The van der Waals surface area contributed by atoms with E-state index in [1.165, 1.54) is 10.4 Å². The molecule has 0 aliphatic heterocycles. The summed E-state index contributed by atoms with van der Waals surface area (Å²) in [6.45, 7) is 7.81. The summed E-state index contributed by atoms with van der Waals surface area (Å²) in [6, 6.07) is 21.5. The molecule has 2 aromatic rings. The van der Waals surface area contributed by atoms with Gasteiger partial charge in [-0.1, -0.05) is 87.9 Å². The Morgan fingerprint density at radius 3 is 1.84 bits per heavy atom. The number of hydrogen-bond acceptors (Lipinski definition) is 2. The Balaban J connectivity index is 2.33. The fourth-order valence-electron chi connectivity index (χ4n) is 3.43. The van der Waals surface area contributed by atoms with Gasteiger partial charge in [0.15, 0.2) is 0 Å². The number of benzene rings is 2. The molecule has 0 aromatic heterocycles. The van der Waals surface area contributed by atoms with Crippen molar-refractivity contribution in [3.05, 3.63) is 67.1 Å². The van der Waals surface area contributed by atoms with Crippen LogP contribution in [0.25, 0.3) is 0 Å². The molecule has 0 spiro atoms. The highest BCUT2D eigenvalue weighted by Crippen LogP contribution is 2.36. The van der Waals surface area contributed by atoms with Gasteiger partial charge in [0.2, 0.25) is 0 Å². The van der Waals surface area contributed by atoms with Crippen LogP contribution in [-0.2, 0) is 4.43 Å². The zero-order valence-electron chi connectivity index (χ0n) is 15.7. The van der Waals surface area contributed by atoms with Crippen molar-refractivity contribution in [2.24, 2.45) is 0 Å². The maximum Gasteiger partial charge on any atom is 0.261 e. The highest BCUT2D eigenvalue weighted by molar-refractivity contribution is 6.99. The Morgan fingerprint density at radius 1 is 0.880 bits per heavy atom. The van der Waals surface area contributed by atoms with E-state index in [9.17, 15) is 0 Å². The second kappa shape index (κ2) is 9.32. The van der Waals surface area contributed by atoms with Gasteiger partial charge in [0.25, 0.3) is 8.32 Å². The Kier molecular flexibility index (Phi) is 7.42. The van der Waals surface area contributed by atoms with Crippen LogP contribution in [0.1, 0.15) is 40.0 Å². The molecule has 3 heteroatoms. The van der Waals surface area contributed by atoms with Gasteiger partial charge < -0.3 is 9.53 Å². The average molecular weight is 356 g/mol. The molecule has 0 heterocycles. The van der Waals surface area contributed by atoms with Gasteiger partial charge in [0.1, 0.15) is 0 Å². The van der Waals surface area contributed by atoms with Crippen molar-refractivity contribution in [2.75, 3.05) is 13.2 Å². The molecule has 0 fully saturated rings. The average Bonchev–Trinajstić information content (AvgIpc) is 2.62. The molecule has 1 radical (unpaired) electrons. The minimum absolute atomic E-state index is 0.0225. The highest BCUT2D eigenvalue weighted by atomic mass is 28.4. The summed E-state index contributed by atoms with van der Waals surface area (Å²) in [6.07, 6.45) is 5.07. The van der Waals surface area contributed by atoms with Gasteiger partial charge >= 0.3 is 0 Å². The molecule has 0 amide bonds. The van der Waals surface area contributed by atoms with Crippen molar-refractivity contribution in [3.63, 3.8) is 0 Å². The van der Waals surface area contributed by atoms with Crippen LogP contribution in [0.4, 0.5) is 0 Å². The van der Waals surface area contributed by atoms with Gasteiger partial charge in [-0.3, -0.25) is 0 Å². The van der Waals surface area contributed by atoms with Crippen LogP contribution in [0.15, 0.2) is 60.7 Å². The van der Waals surface area contributed by atoms with Gasteiger partial charge in [0, 0.05) is 13.2 Å². The summed E-state index contributed by atoms with van der Waals surface area (Å²) in [4.78, 5) is 0. The zero-order valence-corrected chi connectivity index (χ0v) is 16.7. The lowest BCUT2D eigenvalue weighted by Crippen LogP contribution is -2.66. The van der Waals surface area contributed by atoms with E-state index in [0.717, 1.165) is 19.3 Å². The first-order chi connectivity index (χ1) is 12.0. The number of aliphatic hydroxyl groups is 1. The molecule has 25 heavy (non-hydrogen) atoms. The number of rotatable bonds is 9. The van der Waals surface area contributed by atoms with E-state index >= 15 is 0 Å². The highest BCUT2D eigenvalue weighted by Gasteiger charge is 2.49. The van der Waals surface area contributed by atoms with Crippen molar-refractivity contribution in [1.29, 1.82) is 0 Å². The van der Waals surface area contributed by atoms with Gasteiger partial charge in [-0.15, -0.1) is 0 Å². The molecule has 2 nitrogen and oxygen atoms in total. The molecule has 1 N–H and O–H groups in total. The quantitative estimate of drug-likeness (QED) is 0.545. The van der Waals surface area contributed by atoms with E-state index in [0.29, 0.717) is 6.61 Å². The third kappa shape index (κ3) is 4.81. The molecular formula is C22H31O2Si. The smallest absolute Gasteiger partial charge is 0.261 e. The summed E-state index contributed by atoms with van der Waals surface area (Å²) in [5.41, 5.74) is 0. The number of aliphatic hydroxyl groups excluding tert-OH is 1. The Morgan fingerprint density at radius 2 is 1.40 bits per heavy atom. The molecular weight excluding hydrogens is 324 g/mol. The van der Waals surface area contributed by atoms with E-state index in [1.807, 2.05) is 0 Å². The first-order valence-corrected chi connectivity index (χ1v) is 11.1. The summed E-state index contributed by atoms with van der Waals surface area (Å²) >= 11 is 0. The predicted molar refractivity (Wildman–Crippen MR) is 109 cm³/mol. The second-order valence-corrected chi connectivity index (χ2v) is 11.8. The van der Waals surface area contributed by atoms with E-state index in [2.05, 4.69) is 87.9 Å². The lowest BCUT2D eigenvalue weighted by atomic mass is 10.2. The van der Waals surface area contributed by atoms with Gasteiger partial charge in [-0.2, -0.15) is 0 Å². The molecule has 135 valence electrons. The number of unbranched alkanes of at least 4 members (excludes halogenated alkanes) is 3. The summed E-state index contributed by atoms with van der Waals surface area (Å²) < 4.78 is 6.77. The van der Waals surface area contributed by atoms with Crippen LogP contribution in [0, 0.1) is 6.42 Å². The molecule has 0 unspecified atom stereocenters. The van der Waals surface area contributed by atoms with Crippen LogP contribution in [0.5, 0.6) is 0 Å². The fraction of sp³-hybridized carbons (Fsp3) is 0.409. The third-order valence-corrected chi connectivity index (χ3v) is 9.66. The second-order valence-electron chi connectivity index (χ2n) is 7.48. The summed E-state index contributed by atoms with van der Waals surface area (Å²) in [5.74, 6) is 0. The van der Waals surface area contributed by atoms with Gasteiger partial charge in [-0.25, -0.2) is 0 Å². The zero-order chi connectivity index (χ0) is 18.2. The first-order valence-electron chi connectivity index (χ1n) is 9.20. The van der Waals surface area contributed by atoms with Crippen LogP contribution in [-0.4, -0.2) is 26.6 Å². The molecule has 2 rings (SSSR count). The number of hydrogen-bond donors (Lipinski definition) is 1. The molecule has 0 atom stereocenters. The lowest BCUT2D eigenvalue weighted by molar-refractivity contribution is 0.281. The SMILES string of the molecule is CC(C)(C)[Si](OC[CH]CCCCO)(c1ccccc1)c1ccccc1. The largest absolute Gasteiger partial charge is 0.407 e. The van der Waals surface area contributed by atoms with Crippen LogP contribution < -0.4 is 10.4 Å². The Hall–Kier alpha value is -1.42. The molecule has 0 saturated heterocycles. The molecule has 0 aliphatic rings. The lowest BCUT2D eigenvalue weighted by Gasteiger charge is -2.43. The maximum absolute atomic E-state index is 8.92. The molecule has 2 aromatic carbocycles. The van der Waals surface area contributed by atoms with E-state index < -0.39 is 8.32 Å². The standard InChI is InChI=1S/C22H31O2Si/c1-22(2,3)25(20-14-8-6-9-15-20,21-16-10-7-11-17-21)24-19-13-5-4-12-18-23/h6-11,13-17,23H,4-5,12,18-19H2,1-3H3. The van der Waals surface area contributed by atoms with Gasteiger partial charge in [0.05, 0.1) is 0 Å². The normalized spacial score (nSPS) is 12.3. The van der Waals surface area contributed by atoms with E-state index in [4.69, 9.17) is 9.53 Å². The minimum Gasteiger partial charge on any atom is -0.407 e. The van der Waals surface area contributed by atoms with Gasteiger partial charge in [-0.05, 0) is 34.7 Å². The van der Waals surface area contributed by atoms with Crippen LogP contribution in [0.3, 0.4) is 0 Å². The van der Waals surface area contributed by atoms with Crippen LogP contribution in [0.2, 0.25) is 5.04 Å². The van der Waals surface area contributed by atoms with E-state index in [-0.39, 0.29) is 11.6 Å².